The molecule has 0 aliphatic carbocycles. The van der Waals surface area contributed by atoms with Gasteiger partial charge < -0.3 is 0 Å². The zero-order valence-electron chi connectivity index (χ0n) is 12.8. The second-order valence-electron chi connectivity index (χ2n) is 4.60. The molecule has 0 aliphatic heterocycles. The molecule has 8 heteroatoms. The van der Waals surface area contributed by atoms with Gasteiger partial charge in [-0.05, 0) is 24.3 Å². The van der Waals surface area contributed by atoms with Crippen molar-refractivity contribution in [2.45, 2.75) is 12.8 Å². The standard InChI is InChI=1S/C16H16N6O2/c23-15(21-19-11-13-5-1-3-9-17-13)7-8-16(24)22-20-12-14-6-2-4-10-18-14/h1-6,9-12H,7-8H2,(H,21,23)(H,22,24). The van der Waals surface area contributed by atoms with Crippen LogP contribution in [0.3, 0.4) is 0 Å². The first kappa shape index (κ1) is 16.9. The number of pyridine rings is 2. The molecule has 0 atom stereocenters. The predicted molar refractivity (Wildman–Crippen MR) is 89.2 cm³/mol. The summed E-state index contributed by atoms with van der Waals surface area (Å²) in [5, 5.41) is 7.53. The minimum Gasteiger partial charge on any atom is -0.273 e. The molecule has 8 nitrogen and oxygen atoms in total. The summed E-state index contributed by atoms with van der Waals surface area (Å²) in [7, 11) is 0. The van der Waals surface area contributed by atoms with Crippen molar-refractivity contribution in [3.8, 4) is 0 Å². The van der Waals surface area contributed by atoms with Crippen LogP contribution in [-0.4, -0.2) is 34.2 Å². The van der Waals surface area contributed by atoms with Gasteiger partial charge in [0.05, 0.1) is 23.8 Å². The average Bonchev–Trinajstić information content (AvgIpc) is 2.62. The lowest BCUT2D eigenvalue weighted by atomic mass is 10.3. The molecule has 0 saturated carbocycles. The summed E-state index contributed by atoms with van der Waals surface area (Å²) in [6.45, 7) is 0. The summed E-state index contributed by atoms with van der Waals surface area (Å²) in [5.41, 5.74) is 5.91. The van der Waals surface area contributed by atoms with Crippen molar-refractivity contribution in [3.63, 3.8) is 0 Å². The van der Waals surface area contributed by atoms with Crippen molar-refractivity contribution in [1.29, 1.82) is 0 Å². The van der Waals surface area contributed by atoms with E-state index in [1.165, 1.54) is 12.4 Å². The fourth-order valence-electron chi connectivity index (χ4n) is 1.58. The van der Waals surface area contributed by atoms with Gasteiger partial charge in [-0.15, -0.1) is 0 Å². The second kappa shape index (κ2) is 9.57. The Hall–Kier alpha value is -3.42. The second-order valence-corrected chi connectivity index (χ2v) is 4.60. The molecule has 2 aromatic heterocycles. The van der Waals surface area contributed by atoms with Crippen LogP contribution in [0.15, 0.2) is 59.0 Å². The number of rotatable bonds is 7. The zero-order chi connectivity index (χ0) is 17.0. The van der Waals surface area contributed by atoms with Gasteiger partial charge in [0.2, 0.25) is 11.8 Å². The highest BCUT2D eigenvalue weighted by Gasteiger charge is 2.05. The maximum Gasteiger partial charge on any atom is 0.240 e. The Morgan fingerprint density at radius 1 is 0.833 bits per heavy atom. The van der Waals surface area contributed by atoms with E-state index in [1.807, 2.05) is 12.1 Å². The van der Waals surface area contributed by atoms with Gasteiger partial charge in [0.25, 0.3) is 0 Å². The Kier molecular flexibility index (Phi) is 6.75. The molecule has 0 bridgehead atoms. The van der Waals surface area contributed by atoms with Crippen molar-refractivity contribution in [3.05, 3.63) is 60.2 Å². The number of hydrogen-bond acceptors (Lipinski definition) is 6. The van der Waals surface area contributed by atoms with Crippen LogP contribution in [-0.2, 0) is 9.59 Å². The summed E-state index contributed by atoms with van der Waals surface area (Å²) >= 11 is 0. The number of carbonyl (C=O) groups is 2. The minimum absolute atomic E-state index is 0.00446. The molecule has 0 radical (unpaired) electrons. The SMILES string of the molecule is O=C(CCC(=O)NN=Cc1ccccn1)NN=Cc1ccccn1. The molecule has 2 aromatic rings. The number of amides is 2. The molecule has 0 aliphatic rings. The summed E-state index contributed by atoms with van der Waals surface area (Å²) < 4.78 is 0. The Balaban J connectivity index is 1.65. The van der Waals surface area contributed by atoms with Crippen molar-refractivity contribution in [2.24, 2.45) is 10.2 Å². The fraction of sp³-hybridized carbons (Fsp3) is 0.125. The molecule has 0 aromatic carbocycles. The highest BCUT2D eigenvalue weighted by Crippen LogP contribution is 1.91. The quantitative estimate of drug-likeness (QED) is 0.581. The third-order valence-corrected chi connectivity index (χ3v) is 2.73. The van der Waals surface area contributed by atoms with E-state index < -0.39 is 0 Å². The third kappa shape index (κ3) is 6.56. The number of hydrazone groups is 2. The topological polar surface area (TPSA) is 109 Å². The molecular weight excluding hydrogens is 308 g/mol. The molecule has 2 heterocycles. The Morgan fingerprint density at radius 2 is 1.29 bits per heavy atom. The number of hydrogen-bond donors (Lipinski definition) is 2. The summed E-state index contributed by atoms with van der Waals surface area (Å²) in [4.78, 5) is 31.2. The zero-order valence-corrected chi connectivity index (χ0v) is 12.8. The molecule has 122 valence electrons. The normalized spacial score (nSPS) is 10.8. The van der Waals surface area contributed by atoms with Crippen LogP contribution in [0.1, 0.15) is 24.2 Å². The van der Waals surface area contributed by atoms with Crippen molar-refractivity contribution in [1.82, 2.24) is 20.8 Å². The van der Waals surface area contributed by atoms with Gasteiger partial charge in [-0.3, -0.25) is 19.6 Å². The van der Waals surface area contributed by atoms with Crippen molar-refractivity contribution in [2.75, 3.05) is 0 Å². The van der Waals surface area contributed by atoms with Crippen LogP contribution in [0.4, 0.5) is 0 Å². The average molecular weight is 324 g/mol. The van der Waals surface area contributed by atoms with E-state index in [9.17, 15) is 9.59 Å². The number of aromatic nitrogens is 2. The lowest BCUT2D eigenvalue weighted by molar-refractivity contribution is -0.126. The molecule has 2 rings (SSSR count). The first-order valence-electron chi connectivity index (χ1n) is 7.20. The van der Waals surface area contributed by atoms with E-state index in [4.69, 9.17) is 0 Å². The van der Waals surface area contributed by atoms with E-state index in [0.29, 0.717) is 11.4 Å². The van der Waals surface area contributed by atoms with Crippen molar-refractivity contribution >= 4 is 24.2 Å². The minimum atomic E-state index is -0.369. The Bertz CT molecular complexity index is 652. The molecule has 0 unspecified atom stereocenters. The summed E-state index contributed by atoms with van der Waals surface area (Å²) in [6.07, 6.45) is 6.11. The molecule has 0 spiro atoms. The van der Waals surface area contributed by atoms with Gasteiger partial charge >= 0.3 is 0 Å². The van der Waals surface area contributed by atoms with Crippen LogP contribution in [0, 0.1) is 0 Å². The first-order valence-corrected chi connectivity index (χ1v) is 7.20. The first-order chi connectivity index (χ1) is 11.7. The fourth-order valence-corrected chi connectivity index (χ4v) is 1.58. The van der Waals surface area contributed by atoms with Gasteiger partial charge in [0.15, 0.2) is 0 Å². The highest BCUT2D eigenvalue weighted by atomic mass is 16.2. The molecule has 2 N–H and O–H groups in total. The van der Waals surface area contributed by atoms with Crippen LogP contribution in [0.25, 0.3) is 0 Å². The van der Waals surface area contributed by atoms with E-state index in [-0.39, 0.29) is 24.7 Å². The van der Waals surface area contributed by atoms with Gasteiger partial charge in [0, 0.05) is 25.2 Å². The molecule has 0 saturated heterocycles. The molecule has 24 heavy (non-hydrogen) atoms. The van der Waals surface area contributed by atoms with Gasteiger partial charge in [-0.1, -0.05) is 12.1 Å². The number of nitrogens with zero attached hydrogens (tertiary/aromatic N) is 4. The number of nitrogens with one attached hydrogen (secondary N) is 2. The third-order valence-electron chi connectivity index (χ3n) is 2.73. The predicted octanol–water partition coefficient (Wildman–Crippen LogP) is 0.857. The van der Waals surface area contributed by atoms with Crippen LogP contribution in [0.2, 0.25) is 0 Å². The summed E-state index contributed by atoms with van der Waals surface area (Å²) in [5.74, 6) is -0.739. The van der Waals surface area contributed by atoms with Crippen LogP contribution < -0.4 is 10.9 Å². The van der Waals surface area contributed by atoms with Gasteiger partial charge in [-0.25, -0.2) is 10.9 Å². The van der Waals surface area contributed by atoms with E-state index >= 15 is 0 Å². The Morgan fingerprint density at radius 3 is 1.67 bits per heavy atom. The highest BCUT2D eigenvalue weighted by molar-refractivity contribution is 5.85. The lowest BCUT2D eigenvalue weighted by Crippen LogP contribution is -2.22. The lowest BCUT2D eigenvalue weighted by Gasteiger charge is -1.99. The summed E-state index contributed by atoms with van der Waals surface area (Å²) in [6, 6.07) is 10.7. The maximum absolute atomic E-state index is 11.6. The molecule has 0 fully saturated rings. The van der Waals surface area contributed by atoms with E-state index in [2.05, 4.69) is 31.0 Å². The molecular formula is C16H16N6O2. The molecule has 2 amide bonds. The van der Waals surface area contributed by atoms with Gasteiger partial charge in [-0.2, -0.15) is 10.2 Å². The van der Waals surface area contributed by atoms with Gasteiger partial charge in [0.1, 0.15) is 0 Å². The largest absolute Gasteiger partial charge is 0.273 e. The van der Waals surface area contributed by atoms with Crippen molar-refractivity contribution < 1.29 is 9.59 Å². The maximum atomic E-state index is 11.6. The monoisotopic (exact) mass is 324 g/mol. The smallest absolute Gasteiger partial charge is 0.240 e. The van der Waals surface area contributed by atoms with E-state index in [0.717, 1.165) is 0 Å². The Labute approximate surface area is 138 Å². The van der Waals surface area contributed by atoms with E-state index in [1.54, 1.807) is 36.7 Å². The van der Waals surface area contributed by atoms with Crippen LogP contribution in [0.5, 0.6) is 0 Å². The van der Waals surface area contributed by atoms with Crippen LogP contribution >= 0.6 is 0 Å². The number of carbonyl (C=O) groups excluding carboxylic acids is 2.